The quantitative estimate of drug-likeness (QED) is 0.400. The van der Waals surface area contributed by atoms with Crippen LogP contribution in [0.25, 0.3) is 0 Å². The van der Waals surface area contributed by atoms with E-state index in [4.69, 9.17) is 4.74 Å². The molecule has 0 saturated heterocycles. The lowest BCUT2D eigenvalue weighted by molar-refractivity contribution is -0.138. The molecule has 76 valence electrons. The molecule has 0 rings (SSSR count). The predicted molar refractivity (Wildman–Crippen MR) is 54.0 cm³/mol. The Hall–Kier alpha value is -0.643. The number of esters is 1. The number of ether oxygens (including phenoxy) is 1. The van der Waals surface area contributed by atoms with Crippen LogP contribution in [0, 0.1) is 0 Å². The van der Waals surface area contributed by atoms with Crippen LogP contribution >= 0.6 is 0 Å². The van der Waals surface area contributed by atoms with Crippen LogP contribution in [0.4, 0.5) is 4.39 Å². The number of carbonyl (C=O) groups excluding carboxylic acids is 1. The van der Waals surface area contributed by atoms with Crippen molar-refractivity contribution in [3.05, 3.63) is 11.9 Å². The van der Waals surface area contributed by atoms with Crippen molar-refractivity contribution in [2.45, 2.75) is 32.6 Å². The molecule has 0 aliphatic rings. The average molecular weight is 204 g/mol. The number of rotatable bonds is 4. The summed E-state index contributed by atoms with van der Waals surface area (Å²) >= 11 is 0. The van der Waals surface area contributed by atoms with Crippen LogP contribution in [0.15, 0.2) is 11.9 Å². The standard InChI is InChI=1S/C9H17FO2Si/c1-5-12-9(11)8(6-10)7-13(2,3)4/h6H,5,7H2,1-4H3/b8-6-. The summed E-state index contributed by atoms with van der Waals surface area (Å²) in [5.74, 6) is -0.521. The van der Waals surface area contributed by atoms with Crippen LogP contribution in [0.5, 0.6) is 0 Å². The Morgan fingerprint density at radius 2 is 2.00 bits per heavy atom. The van der Waals surface area contributed by atoms with Crippen molar-refractivity contribution in [2.75, 3.05) is 6.61 Å². The van der Waals surface area contributed by atoms with E-state index in [9.17, 15) is 9.18 Å². The van der Waals surface area contributed by atoms with E-state index >= 15 is 0 Å². The minimum atomic E-state index is -1.44. The van der Waals surface area contributed by atoms with E-state index in [0.717, 1.165) is 0 Å². The van der Waals surface area contributed by atoms with Crippen LogP contribution < -0.4 is 0 Å². The van der Waals surface area contributed by atoms with Crippen molar-refractivity contribution < 1.29 is 13.9 Å². The summed E-state index contributed by atoms with van der Waals surface area (Å²) in [6, 6.07) is 0.530. The van der Waals surface area contributed by atoms with Gasteiger partial charge in [-0.2, -0.15) is 0 Å². The normalized spacial score (nSPS) is 12.8. The molecule has 4 heteroatoms. The lowest BCUT2D eigenvalue weighted by Crippen LogP contribution is -2.23. The van der Waals surface area contributed by atoms with Crippen molar-refractivity contribution in [1.82, 2.24) is 0 Å². The summed E-state index contributed by atoms with van der Waals surface area (Å²) in [7, 11) is -1.44. The molecule has 0 spiro atoms. The van der Waals surface area contributed by atoms with E-state index in [2.05, 4.69) is 19.6 Å². The van der Waals surface area contributed by atoms with Gasteiger partial charge in [0.15, 0.2) is 0 Å². The van der Waals surface area contributed by atoms with Gasteiger partial charge in [-0.25, -0.2) is 9.18 Å². The maximum absolute atomic E-state index is 12.3. The minimum absolute atomic E-state index is 0.168. The summed E-state index contributed by atoms with van der Waals surface area (Å²) < 4.78 is 17.0. The molecule has 0 atom stereocenters. The van der Waals surface area contributed by atoms with E-state index in [1.165, 1.54) is 0 Å². The fraction of sp³-hybridized carbons (Fsp3) is 0.667. The molecule has 0 heterocycles. The molecule has 0 unspecified atom stereocenters. The zero-order valence-corrected chi connectivity index (χ0v) is 9.69. The van der Waals surface area contributed by atoms with Gasteiger partial charge in [0.1, 0.15) is 0 Å². The summed E-state index contributed by atoms with van der Waals surface area (Å²) in [6.07, 6.45) is 0.371. The van der Waals surface area contributed by atoms with Gasteiger partial charge in [-0.1, -0.05) is 19.6 Å². The number of hydrogen-bond donors (Lipinski definition) is 0. The van der Waals surface area contributed by atoms with Gasteiger partial charge < -0.3 is 4.74 Å². The molecule has 0 bridgehead atoms. The fourth-order valence-corrected chi connectivity index (χ4v) is 2.31. The molecular weight excluding hydrogens is 187 g/mol. The Labute approximate surface area is 79.8 Å². The molecule has 0 radical (unpaired) electrons. The van der Waals surface area contributed by atoms with E-state index in [-0.39, 0.29) is 5.57 Å². The van der Waals surface area contributed by atoms with Crippen molar-refractivity contribution in [3.63, 3.8) is 0 Å². The Kier molecular flexibility index (Phi) is 4.91. The monoisotopic (exact) mass is 204 g/mol. The first-order valence-corrected chi connectivity index (χ1v) is 8.08. The third-order valence-corrected chi connectivity index (χ3v) is 2.83. The first kappa shape index (κ1) is 12.4. The Morgan fingerprint density at radius 3 is 2.31 bits per heavy atom. The molecule has 0 aliphatic heterocycles. The van der Waals surface area contributed by atoms with Crippen LogP contribution in [-0.2, 0) is 9.53 Å². The number of hydrogen-bond acceptors (Lipinski definition) is 2. The van der Waals surface area contributed by atoms with Crippen LogP contribution in [0.3, 0.4) is 0 Å². The van der Waals surface area contributed by atoms with Gasteiger partial charge >= 0.3 is 5.97 Å². The van der Waals surface area contributed by atoms with Gasteiger partial charge in [0.25, 0.3) is 0 Å². The van der Waals surface area contributed by atoms with Crippen molar-refractivity contribution in [2.24, 2.45) is 0 Å². The highest BCUT2D eigenvalue weighted by Gasteiger charge is 2.21. The van der Waals surface area contributed by atoms with Gasteiger partial charge in [0.05, 0.1) is 18.5 Å². The van der Waals surface area contributed by atoms with E-state index in [0.29, 0.717) is 19.0 Å². The molecule has 2 nitrogen and oxygen atoms in total. The number of halogens is 1. The molecule has 13 heavy (non-hydrogen) atoms. The Bertz CT molecular complexity index is 206. The molecule has 0 N–H and O–H groups in total. The van der Waals surface area contributed by atoms with Gasteiger partial charge in [0, 0.05) is 8.07 Å². The molecular formula is C9H17FO2Si. The fourth-order valence-electron chi connectivity index (χ4n) is 0.950. The first-order chi connectivity index (χ1) is 5.90. The lowest BCUT2D eigenvalue weighted by Gasteiger charge is -2.16. The number of carbonyl (C=O) groups is 1. The van der Waals surface area contributed by atoms with Crippen molar-refractivity contribution in [1.29, 1.82) is 0 Å². The summed E-state index contributed by atoms with van der Waals surface area (Å²) in [5.41, 5.74) is 0.168. The summed E-state index contributed by atoms with van der Waals surface area (Å²) in [5, 5.41) is 0. The van der Waals surface area contributed by atoms with E-state index < -0.39 is 14.0 Å². The molecule has 0 aromatic rings. The first-order valence-electron chi connectivity index (χ1n) is 4.37. The van der Waals surface area contributed by atoms with E-state index in [1.807, 2.05) is 0 Å². The van der Waals surface area contributed by atoms with Gasteiger partial charge in [0.2, 0.25) is 0 Å². The third-order valence-electron chi connectivity index (χ3n) is 1.39. The third kappa shape index (κ3) is 5.57. The summed E-state index contributed by atoms with van der Waals surface area (Å²) in [6.45, 7) is 8.24. The van der Waals surface area contributed by atoms with Crippen LogP contribution in [0.2, 0.25) is 25.7 Å². The van der Waals surface area contributed by atoms with Crippen LogP contribution in [-0.4, -0.2) is 20.7 Å². The largest absolute Gasteiger partial charge is 0.463 e. The Morgan fingerprint density at radius 1 is 1.46 bits per heavy atom. The lowest BCUT2D eigenvalue weighted by atomic mass is 10.3. The van der Waals surface area contributed by atoms with Gasteiger partial charge in [-0.3, -0.25) is 0 Å². The van der Waals surface area contributed by atoms with Crippen LogP contribution in [0.1, 0.15) is 6.92 Å². The van der Waals surface area contributed by atoms with Gasteiger partial charge in [-0.15, -0.1) is 0 Å². The predicted octanol–water partition coefficient (Wildman–Crippen LogP) is 2.74. The molecule has 0 aromatic heterocycles. The SMILES string of the molecule is CCOC(=O)/C(=C\F)C[Si](C)(C)C. The maximum Gasteiger partial charge on any atom is 0.336 e. The highest BCUT2D eigenvalue weighted by atomic mass is 28.3. The Balaban J connectivity index is 4.29. The highest BCUT2D eigenvalue weighted by Crippen LogP contribution is 2.17. The topological polar surface area (TPSA) is 26.3 Å². The second kappa shape index (κ2) is 5.17. The second-order valence-corrected chi connectivity index (χ2v) is 9.57. The zero-order valence-electron chi connectivity index (χ0n) is 8.69. The smallest absolute Gasteiger partial charge is 0.336 e. The molecule has 0 aliphatic carbocycles. The maximum atomic E-state index is 12.3. The molecule has 0 amide bonds. The zero-order chi connectivity index (χ0) is 10.5. The minimum Gasteiger partial charge on any atom is -0.463 e. The average Bonchev–Trinajstić information content (AvgIpc) is 1.99. The molecule has 0 aromatic carbocycles. The van der Waals surface area contributed by atoms with Crippen molar-refractivity contribution >= 4 is 14.0 Å². The second-order valence-electron chi connectivity index (χ2n) is 4.09. The van der Waals surface area contributed by atoms with Gasteiger partial charge in [-0.05, 0) is 13.0 Å². The van der Waals surface area contributed by atoms with Crippen molar-refractivity contribution in [3.8, 4) is 0 Å². The summed E-state index contributed by atoms with van der Waals surface area (Å²) in [4.78, 5) is 11.1. The molecule has 0 fully saturated rings. The highest BCUT2D eigenvalue weighted by molar-refractivity contribution is 6.77. The van der Waals surface area contributed by atoms with E-state index in [1.54, 1.807) is 6.92 Å². The molecule has 0 saturated carbocycles.